The van der Waals surface area contributed by atoms with Crippen LogP contribution in [0, 0.1) is 0 Å². The number of rotatable bonds is 3. The van der Waals surface area contributed by atoms with Crippen molar-refractivity contribution in [3.8, 4) is 0 Å². The van der Waals surface area contributed by atoms with E-state index in [9.17, 15) is 0 Å². The minimum absolute atomic E-state index is 0.467. The van der Waals surface area contributed by atoms with Gasteiger partial charge < -0.3 is 10.1 Å². The average molecular weight is 229 g/mol. The molecule has 4 unspecified atom stereocenters. The maximum atomic E-state index is 5.63. The third-order valence-corrected chi connectivity index (χ3v) is 5.61. The fourth-order valence-corrected chi connectivity index (χ4v) is 4.45. The van der Waals surface area contributed by atoms with E-state index in [2.05, 4.69) is 31.1 Å². The maximum Gasteiger partial charge on any atom is 0.0666 e. The Bertz CT molecular complexity index is 200. The summed E-state index contributed by atoms with van der Waals surface area (Å²) in [5.74, 6) is 0. The molecule has 1 aliphatic carbocycles. The van der Waals surface area contributed by atoms with E-state index in [1.54, 1.807) is 0 Å². The SMILES string of the molecule is CNC1CCCCC1SC1CCOC1C. The van der Waals surface area contributed by atoms with Crippen LogP contribution in [0.4, 0.5) is 0 Å². The van der Waals surface area contributed by atoms with Crippen LogP contribution in [0.15, 0.2) is 0 Å². The zero-order chi connectivity index (χ0) is 10.7. The van der Waals surface area contributed by atoms with Crippen LogP contribution in [-0.4, -0.2) is 36.3 Å². The van der Waals surface area contributed by atoms with E-state index in [0.717, 1.165) is 23.1 Å². The summed E-state index contributed by atoms with van der Waals surface area (Å²) in [4.78, 5) is 0. The summed E-state index contributed by atoms with van der Waals surface area (Å²) < 4.78 is 5.63. The Morgan fingerprint density at radius 3 is 2.60 bits per heavy atom. The lowest BCUT2D eigenvalue weighted by Crippen LogP contribution is -2.39. The Kier molecular flexibility index (Phi) is 4.35. The van der Waals surface area contributed by atoms with Crippen LogP contribution in [0.5, 0.6) is 0 Å². The number of nitrogens with one attached hydrogen (secondary N) is 1. The van der Waals surface area contributed by atoms with Crippen molar-refractivity contribution in [2.24, 2.45) is 0 Å². The molecule has 3 heteroatoms. The minimum atomic E-state index is 0.467. The fraction of sp³-hybridized carbons (Fsp3) is 1.00. The standard InChI is InChI=1S/C12H23NOS/c1-9-11(7-8-14-9)15-12-6-4-3-5-10(12)13-2/h9-13H,3-8H2,1-2H3. The van der Waals surface area contributed by atoms with Crippen molar-refractivity contribution >= 4 is 11.8 Å². The van der Waals surface area contributed by atoms with Crippen molar-refractivity contribution in [3.05, 3.63) is 0 Å². The van der Waals surface area contributed by atoms with Gasteiger partial charge in [0, 0.05) is 23.1 Å². The van der Waals surface area contributed by atoms with Crippen LogP contribution in [0.3, 0.4) is 0 Å². The largest absolute Gasteiger partial charge is 0.377 e. The highest BCUT2D eigenvalue weighted by atomic mass is 32.2. The van der Waals surface area contributed by atoms with Gasteiger partial charge in [0.1, 0.15) is 0 Å². The van der Waals surface area contributed by atoms with Gasteiger partial charge in [0.2, 0.25) is 0 Å². The Balaban J connectivity index is 1.85. The average Bonchev–Trinajstić information content (AvgIpc) is 2.65. The Hall–Kier alpha value is 0.270. The van der Waals surface area contributed by atoms with Crippen molar-refractivity contribution < 1.29 is 4.74 Å². The van der Waals surface area contributed by atoms with E-state index >= 15 is 0 Å². The van der Waals surface area contributed by atoms with Gasteiger partial charge in [-0.2, -0.15) is 11.8 Å². The molecule has 1 aliphatic heterocycles. The summed E-state index contributed by atoms with van der Waals surface area (Å²) in [5, 5.41) is 5.04. The van der Waals surface area contributed by atoms with Crippen LogP contribution in [0.25, 0.3) is 0 Å². The Morgan fingerprint density at radius 1 is 1.13 bits per heavy atom. The summed E-state index contributed by atoms with van der Waals surface area (Å²) >= 11 is 2.18. The van der Waals surface area contributed by atoms with E-state index in [1.165, 1.54) is 32.1 Å². The lowest BCUT2D eigenvalue weighted by atomic mass is 9.95. The fourth-order valence-electron chi connectivity index (χ4n) is 2.71. The Labute approximate surface area is 97.5 Å². The van der Waals surface area contributed by atoms with Crippen molar-refractivity contribution in [2.75, 3.05) is 13.7 Å². The first kappa shape index (κ1) is 11.7. The monoisotopic (exact) mass is 229 g/mol. The van der Waals surface area contributed by atoms with Crippen molar-refractivity contribution in [1.29, 1.82) is 0 Å². The molecule has 0 aromatic carbocycles. The maximum absolute atomic E-state index is 5.63. The molecule has 0 aromatic heterocycles. The van der Waals surface area contributed by atoms with Crippen LogP contribution in [0.2, 0.25) is 0 Å². The van der Waals surface area contributed by atoms with Gasteiger partial charge in [-0.1, -0.05) is 12.8 Å². The molecule has 0 radical (unpaired) electrons. The van der Waals surface area contributed by atoms with E-state index in [1.807, 2.05) is 0 Å². The van der Waals surface area contributed by atoms with Gasteiger partial charge in [-0.15, -0.1) is 0 Å². The topological polar surface area (TPSA) is 21.3 Å². The molecular weight excluding hydrogens is 206 g/mol. The second kappa shape index (κ2) is 5.55. The molecule has 4 atom stereocenters. The molecule has 0 bridgehead atoms. The summed E-state index contributed by atoms with van der Waals surface area (Å²) in [5.41, 5.74) is 0. The van der Waals surface area contributed by atoms with Gasteiger partial charge in [-0.25, -0.2) is 0 Å². The van der Waals surface area contributed by atoms with Crippen molar-refractivity contribution in [1.82, 2.24) is 5.32 Å². The molecule has 0 spiro atoms. The summed E-state index contributed by atoms with van der Waals surface area (Å²) in [6.07, 6.45) is 7.28. The van der Waals surface area contributed by atoms with E-state index in [-0.39, 0.29) is 0 Å². The molecular formula is C12H23NOS. The zero-order valence-electron chi connectivity index (χ0n) is 9.87. The second-order valence-electron chi connectivity index (χ2n) is 4.76. The number of thioether (sulfide) groups is 1. The first-order valence-electron chi connectivity index (χ1n) is 6.25. The molecule has 0 aromatic rings. The molecule has 88 valence electrons. The van der Waals surface area contributed by atoms with Crippen molar-refractivity contribution in [3.63, 3.8) is 0 Å². The smallest absolute Gasteiger partial charge is 0.0666 e. The highest BCUT2D eigenvalue weighted by Crippen LogP contribution is 2.36. The lowest BCUT2D eigenvalue weighted by molar-refractivity contribution is 0.127. The molecule has 1 saturated carbocycles. The van der Waals surface area contributed by atoms with Crippen LogP contribution in [0.1, 0.15) is 39.0 Å². The highest BCUT2D eigenvalue weighted by Gasteiger charge is 2.31. The number of hydrogen-bond acceptors (Lipinski definition) is 3. The van der Waals surface area contributed by atoms with Gasteiger partial charge in [-0.05, 0) is 33.2 Å². The van der Waals surface area contributed by atoms with Crippen LogP contribution < -0.4 is 5.32 Å². The minimum Gasteiger partial charge on any atom is -0.377 e. The quantitative estimate of drug-likeness (QED) is 0.803. The van der Waals surface area contributed by atoms with Gasteiger partial charge >= 0.3 is 0 Å². The van der Waals surface area contributed by atoms with E-state index in [0.29, 0.717) is 6.10 Å². The Morgan fingerprint density at radius 2 is 1.93 bits per heavy atom. The van der Waals surface area contributed by atoms with Gasteiger partial charge in [-0.3, -0.25) is 0 Å². The molecule has 1 N–H and O–H groups in total. The molecule has 2 rings (SSSR count). The predicted octanol–water partition coefficient (Wildman–Crippen LogP) is 2.43. The molecule has 1 saturated heterocycles. The third kappa shape index (κ3) is 2.89. The van der Waals surface area contributed by atoms with E-state index in [4.69, 9.17) is 4.74 Å². The second-order valence-corrected chi connectivity index (χ2v) is 6.24. The molecule has 0 amide bonds. The van der Waals surface area contributed by atoms with Crippen molar-refractivity contribution in [2.45, 2.75) is 61.7 Å². The molecule has 2 nitrogen and oxygen atoms in total. The normalized spacial score (nSPS) is 42.0. The first-order chi connectivity index (χ1) is 7.31. The molecule has 2 fully saturated rings. The van der Waals surface area contributed by atoms with Gasteiger partial charge in [0.25, 0.3) is 0 Å². The predicted molar refractivity (Wildman–Crippen MR) is 66.5 cm³/mol. The summed E-state index contributed by atoms with van der Waals surface area (Å²) in [7, 11) is 2.11. The molecule has 1 heterocycles. The summed E-state index contributed by atoms with van der Waals surface area (Å²) in [6, 6.07) is 0.733. The van der Waals surface area contributed by atoms with Crippen LogP contribution in [-0.2, 0) is 4.74 Å². The van der Waals surface area contributed by atoms with Gasteiger partial charge in [0.05, 0.1) is 6.10 Å². The third-order valence-electron chi connectivity index (χ3n) is 3.73. The first-order valence-corrected chi connectivity index (χ1v) is 7.20. The van der Waals surface area contributed by atoms with E-state index < -0.39 is 0 Å². The number of hydrogen-bond donors (Lipinski definition) is 1. The zero-order valence-corrected chi connectivity index (χ0v) is 10.7. The number of ether oxygens (including phenoxy) is 1. The highest BCUT2D eigenvalue weighted by molar-refractivity contribution is 8.00. The summed E-state index contributed by atoms with van der Waals surface area (Å²) in [6.45, 7) is 3.19. The lowest BCUT2D eigenvalue weighted by Gasteiger charge is -2.33. The molecule has 2 aliphatic rings. The van der Waals surface area contributed by atoms with Gasteiger partial charge in [0.15, 0.2) is 0 Å². The molecule has 15 heavy (non-hydrogen) atoms. The van der Waals surface area contributed by atoms with Crippen LogP contribution >= 0.6 is 11.8 Å².